The number of benzene rings is 1. The predicted octanol–water partition coefficient (Wildman–Crippen LogP) is 2.23. The Hall–Kier alpha value is -2.44. The molecule has 0 spiro atoms. The van der Waals surface area contributed by atoms with Gasteiger partial charge in [0, 0.05) is 29.8 Å². The largest absolute Gasteiger partial charge is 0.481 e. The fourth-order valence-electron chi connectivity index (χ4n) is 2.86. The minimum Gasteiger partial charge on any atom is -0.481 e. The van der Waals surface area contributed by atoms with Gasteiger partial charge in [0.1, 0.15) is 0 Å². The molecule has 118 valence electrons. The Kier molecular flexibility index (Phi) is 4.44. The van der Waals surface area contributed by atoms with Crippen molar-refractivity contribution in [2.24, 2.45) is 5.92 Å². The first-order valence-electron chi connectivity index (χ1n) is 7.11. The van der Waals surface area contributed by atoms with E-state index in [1.165, 1.54) is 17.0 Å². The average molecular weight is 306 g/mol. The van der Waals surface area contributed by atoms with Crippen LogP contribution in [0.15, 0.2) is 18.2 Å². The van der Waals surface area contributed by atoms with Crippen molar-refractivity contribution in [1.82, 2.24) is 4.90 Å². The average Bonchev–Trinajstić information content (AvgIpc) is 2.46. The summed E-state index contributed by atoms with van der Waals surface area (Å²) in [6.07, 6.45) is 1.15. The molecule has 7 heteroatoms. The van der Waals surface area contributed by atoms with Crippen LogP contribution < -0.4 is 0 Å². The van der Waals surface area contributed by atoms with Crippen molar-refractivity contribution in [3.8, 4) is 0 Å². The van der Waals surface area contributed by atoms with Crippen molar-refractivity contribution >= 4 is 17.6 Å². The topological polar surface area (TPSA) is 101 Å². The molecule has 0 aromatic heterocycles. The number of aryl methyl sites for hydroxylation is 1. The normalized spacial score (nSPS) is 21.5. The van der Waals surface area contributed by atoms with Crippen molar-refractivity contribution < 1.29 is 19.6 Å². The zero-order valence-corrected chi connectivity index (χ0v) is 12.5. The second-order valence-electron chi connectivity index (χ2n) is 5.58. The molecule has 2 rings (SSSR count). The molecule has 1 amide bonds. The molecule has 1 saturated heterocycles. The minimum atomic E-state index is -0.917. The van der Waals surface area contributed by atoms with Crippen LogP contribution in [0.1, 0.15) is 35.7 Å². The number of carbonyl (C=O) groups excluding carboxylic acids is 1. The Morgan fingerprint density at radius 1 is 1.41 bits per heavy atom. The number of aliphatic carboxylic acids is 1. The van der Waals surface area contributed by atoms with Gasteiger partial charge in [0.15, 0.2) is 0 Å². The third-order valence-corrected chi connectivity index (χ3v) is 4.22. The second-order valence-corrected chi connectivity index (χ2v) is 5.58. The highest BCUT2D eigenvalue weighted by molar-refractivity contribution is 5.95. The van der Waals surface area contributed by atoms with Gasteiger partial charge in [-0.25, -0.2) is 0 Å². The Bertz CT molecular complexity index is 628. The zero-order chi connectivity index (χ0) is 16.4. The van der Waals surface area contributed by atoms with Crippen molar-refractivity contribution in [1.29, 1.82) is 0 Å². The highest BCUT2D eigenvalue weighted by Crippen LogP contribution is 2.27. The summed E-state index contributed by atoms with van der Waals surface area (Å²) in [5, 5.41) is 20.2. The van der Waals surface area contributed by atoms with Crippen LogP contribution in [0.5, 0.6) is 0 Å². The summed E-state index contributed by atoms with van der Waals surface area (Å²) >= 11 is 0. The summed E-state index contributed by atoms with van der Waals surface area (Å²) in [5.41, 5.74) is 0.595. The minimum absolute atomic E-state index is 0.106. The van der Waals surface area contributed by atoms with E-state index in [1.807, 2.05) is 0 Å². The number of carbonyl (C=O) groups is 2. The maximum absolute atomic E-state index is 12.6. The number of carboxylic acid groups (broad SMARTS) is 1. The van der Waals surface area contributed by atoms with Crippen LogP contribution in [0.4, 0.5) is 5.69 Å². The molecule has 2 atom stereocenters. The second kappa shape index (κ2) is 6.13. The van der Waals surface area contributed by atoms with Crippen LogP contribution in [0, 0.1) is 23.0 Å². The zero-order valence-electron chi connectivity index (χ0n) is 12.5. The Morgan fingerprint density at radius 2 is 2.09 bits per heavy atom. The molecule has 1 aromatic rings. The molecule has 22 heavy (non-hydrogen) atoms. The molecule has 1 aromatic carbocycles. The van der Waals surface area contributed by atoms with E-state index < -0.39 is 22.9 Å². The SMILES string of the molecule is Cc1ccc(C(=O)N2CCC[C@@H](C(=O)O)[C@H]2C)cc1[N+](=O)[O-]. The lowest BCUT2D eigenvalue weighted by molar-refractivity contribution is -0.385. The molecular weight excluding hydrogens is 288 g/mol. The van der Waals surface area contributed by atoms with E-state index in [0.29, 0.717) is 24.9 Å². The van der Waals surface area contributed by atoms with E-state index >= 15 is 0 Å². The summed E-state index contributed by atoms with van der Waals surface area (Å²) in [6, 6.07) is 3.91. The van der Waals surface area contributed by atoms with Gasteiger partial charge >= 0.3 is 5.97 Å². The number of hydrogen-bond acceptors (Lipinski definition) is 4. The first-order chi connectivity index (χ1) is 10.3. The Labute approximate surface area is 127 Å². The predicted molar refractivity (Wildman–Crippen MR) is 78.7 cm³/mol. The highest BCUT2D eigenvalue weighted by atomic mass is 16.6. The van der Waals surface area contributed by atoms with Gasteiger partial charge in [-0.3, -0.25) is 19.7 Å². The highest BCUT2D eigenvalue weighted by Gasteiger charge is 2.35. The summed E-state index contributed by atoms with van der Waals surface area (Å²) in [5.74, 6) is -1.88. The maximum Gasteiger partial charge on any atom is 0.308 e. The number of likely N-dealkylation sites (tertiary alicyclic amines) is 1. The summed E-state index contributed by atoms with van der Waals surface area (Å²) in [6.45, 7) is 3.78. The number of nitrogens with zero attached hydrogens (tertiary/aromatic N) is 2. The maximum atomic E-state index is 12.6. The van der Waals surface area contributed by atoms with E-state index in [9.17, 15) is 24.8 Å². The van der Waals surface area contributed by atoms with Crippen molar-refractivity contribution in [2.75, 3.05) is 6.54 Å². The molecule has 1 heterocycles. The fraction of sp³-hybridized carbons (Fsp3) is 0.467. The van der Waals surface area contributed by atoms with Crippen molar-refractivity contribution in [2.45, 2.75) is 32.7 Å². The fourth-order valence-corrected chi connectivity index (χ4v) is 2.86. The number of rotatable bonds is 3. The van der Waals surface area contributed by atoms with Crippen LogP contribution in [0.2, 0.25) is 0 Å². The van der Waals surface area contributed by atoms with Gasteiger partial charge < -0.3 is 10.0 Å². The monoisotopic (exact) mass is 306 g/mol. The Morgan fingerprint density at radius 3 is 2.68 bits per heavy atom. The van der Waals surface area contributed by atoms with Crippen LogP contribution in [0.3, 0.4) is 0 Å². The van der Waals surface area contributed by atoms with Gasteiger partial charge in [0.2, 0.25) is 0 Å². The Balaban J connectivity index is 2.29. The first-order valence-corrected chi connectivity index (χ1v) is 7.11. The van der Waals surface area contributed by atoms with Gasteiger partial charge in [0.25, 0.3) is 11.6 Å². The van der Waals surface area contributed by atoms with Gasteiger partial charge in [-0.1, -0.05) is 6.07 Å². The molecule has 1 aliphatic rings. The van der Waals surface area contributed by atoms with Gasteiger partial charge in [0.05, 0.1) is 10.8 Å². The first kappa shape index (κ1) is 15.9. The lowest BCUT2D eigenvalue weighted by Crippen LogP contribution is -2.49. The molecule has 1 fully saturated rings. The van der Waals surface area contributed by atoms with Crippen LogP contribution in [0.25, 0.3) is 0 Å². The lowest BCUT2D eigenvalue weighted by Gasteiger charge is -2.37. The number of carboxylic acids is 1. The molecule has 1 N–H and O–H groups in total. The third-order valence-electron chi connectivity index (χ3n) is 4.22. The van der Waals surface area contributed by atoms with E-state index in [1.54, 1.807) is 19.9 Å². The van der Waals surface area contributed by atoms with Crippen molar-refractivity contribution in [3.05, 3.63) is 39.4 Å². The molecule has 1 aliphatic heterocycles. The summed E-state index contributed by atoms with van der Waals surface area (Å²) in [4.78, 5) is 35.8. The van der Waals surface area contributed by atoms with Gasteiger partial charge in [-0.2, -0.15) is 0 Å². The third kappa shape index (κ3) is 2.93. The summed E-state index contributed by atoms with van der Waals surface area (Å²) in [7, 11) is 0. The number of piperidine rings is 1. The molecule has 0 unspecified atom stereocenters. The summed E-state index contributed by atoms with van der Waals surface area (Å²) < 4.78 is 0. The number of nitro benzene ring substituents is 1. The van der Waals surface area contributed by atoms with Gasteiger partial charge in [-0.15, -0.1) is 0 Å². The molecular formula is C15H18N2O5. The van der Waals surface area contributed by atoms with E-state index in [4.69, 9.17) is 0 Å². The van der Waals surface area contributed by atoms with Gasteiger partial charge in [-0.05, 0) is 32.8 Å². The smallest absolute Gasteiger partial charge is 0.308 e. The molecule has 7 nitrogen and oxygen atoms in total. The molecule has 0 radical (unpaired) electrons. The van der Waals surface area contributed by atoms with Crippen LogP contribution in [-0.2, 0) is 4.79 Å². The van der Waals surface area contributed by atoms with E-state index in [2.05, 4.69) is 0 Å². The number of hydrogen-bond donors (Lipinski definition) is 1. The molecule has 0 saturated carbocycles. The van der Waals surface area contributed by atoms with E-state index in [-0.39, 0.29) is 17.2 Å². The number of nitro groups is 1. The van der Waals surface area contributed by atoms with Crippen LogP contribution in [-0.4, -0.2) is 39.4 Å². The number of amides is 1. The van der Waals surface area contributed by atoms with Crippen LogP contribution >= 0.6 is 0 Å². The van der Waals surface area contributed by atoms with E-state index in [0.717, 1.165) is 0 Å². The quantitative estimate of drug-likeness (QED) is 0.681. The molecule has 0 aliphatic carbocycles. The molecule has 0 bridgehead atoms. The standard InChI is InChI=1S/C15H18N2O5/c1-9-5-6-11(8-13(9)17(21)22)14(18)16-7-3-4-12(10(16)2)15(19)20/h5-6,8,10,12H,3-4,7H2,1-2H3,(H,19,20)/t10-,12-/m1/s1. The lowest BCUT2D eigenvalue weighted by atomic mass is 9.89. The van der Waals surface area contributed by atoms with Crippen molar-refractivity contribution in [3.63, 3.8) is 0 Å².